The van der Waals surface area contributed by atoms with E-state index in [2.05, 4.69) is 4.98 Å². The number of H-pyrrole nitrogens is 1. The average Bonchev–Trinajstić information content (AvgIpc) is 3.09. The number of fused-ring (bicyclic) bond motifs is 3. The van der Waals surface area contributed by atoms with E-state index < -0.39 is 0 Å². The lowest BCUT2D eigenvalue weighted by Gasteiger charge is -2.28. The molecule has 1 aliphatic rings. The third kappa shape index (κ3) is 2.87. The van der Waals surface area contributed by atoms with Crippen molar-refractivity contribution in [3.05, 3.63) is 53.2 Å². The number of benzene rings is 2. The van der Waals surface area contributed by atoms with Gasteiger partial charge in [0.05, 0.1) is 27.9 Å². The molecule has 6 heteroatoms. The van der Waals surface area contributed by atoms with E-state index in [4.69, 9.17) is 14.2 Å². The van der Waals surface area contributed by atoms with Gasteiger partial charge in [0.2, 0.25) is 0 Å². The monoisotopic (exact) mass is 366 g/mol. The van der Waals surface area contributed by atoms with Gasteiger partial charge in [0.25, 0.3) is 5.91 Å². The third-order valence-corrected chi connectivity index (χ3v) is 5.11. The lowest BCUT2D eigenvalue weighted by Crippen LogP contribution is -2.36. The molecule has 6 nitrogen and oxygen atoms in total. The summed E-state index contributed by atoms with van der Waals surface area (Å²) in [4.78, 5) is 18.5. The highest BCUT2D eigenvalue weighted by atomic mass is 16.5. The van der Waals surface area contributed by atoms with E-state index in [1.54, 1.807) is 33.5 Å². The van der Waals surface area contributed by atoms with Crippen LogP contribution in [0.1, 0.15) is 21.6 Å². The van der Waals surface area contributed by atoms with Gasteiger partial charge in [-0.3, -0.25) is 4.79 Å². The van der Waals surface area contributed by atoms with Gasteiger partial charge >= 0.3 is 0 Å². The first-order valence-electron chi connectivity index (χ1n) is 8.84. The number of carbonyl (C=O) groups is 1. The molecule has 1 N–H and O–H groups in total. The molecule has 0 fully saturated rings. The highest BCUT2D eigenvalue weighted by Gasteiger charge is 2.28. The molecule has 0 atom stereocenters. The van der Waals surface area contributed by atoms with Crippen molar-refractivity contribution in [2.45, 2.75) is 13.0 Å². The second kappa shape index (κ2) is 6.87. The lowest BCUT2D eigenvalue weighted by atomic mass is 10.0. The number of methoxy groups -OCH3 is 3. The van der Waals surface area contributed by atoms with Crippen LogP contribution in [0.3, 0.4) is 0 Å². The molecule has 0 saturated heterocycles. The number of rotatable bonds is 4. The van der Waals surface area contributed by atoms with E-state index in [1.165, 1.54) is 5.56 Å². The Hall–Kier alpha value is -3.15. The second-order valence-corrected chi connectivity index (χ2v) is 6.51. The summed E-state index contributed by atoms with van der Waals surface area (Å²) in [5.41, 5.74) is 3.83. The maximum atomic E-state index is 13.2. The molecule has 0 saturated carbocycles. The minimum absolute atomic E-state index is 0.0915. The maximum Gasteiger partial charge on any atom is 0.261 e. The third-order valence-electron chi connectivity index (χ3n) is 5.11. The molecule has 27 heavy (non-hydrogen) atoms. The van der Waals surface area contributed by atoms with E-state index in [1.807, 2.05) is 29.2 Å². The van der Waals surface area contributed by atoms with Gasteiger partial charge in [-0.1, -0.05) is 6.07 Å². The Kier molecular flexibility index (Phi) is 4.39. The molecule has 0 aliphatic carbocycles. The molecule has 0 bridgehead atoms. The number of ether oxygens (including phenoxy) is 3. The van der Waals surface area contributed by atoms with Crippen molar-refractivity contribution in [3.8, 4) is 17.2 Å². The molecule has 2 heterocycles. The first kappa shape index (κ1) is 17.3. The number of nitrogens with zero attached hydrogens (tertiary/aromatic N) is 1. The van der Waals surface area contributed by atoms with Crippen LogP contribution < -0.4 is 14.2 Å². The Balaban J connectivity index is 1.68. The highest BCUT2D eigenvalue weighted by Crippen LogP contribution is 2.34. The number of aromatic nitrogens is 1. The van der Waals surface area contributed by atoms with Gasteiger partial charge < -0.3 is 24.1 Å². The molecule has 2 aromatic carbocycles. The Morgan fingerprint density at radius 3 is 2.44 bits per heavy atom. The Morgan fingerprint density at radius 1 is 1.04 bits per heavy atom. The minimum Gasteiger partial charge on any atom is -0.497 e. The molecule has 140 valence electrons. The molecular formula is C21H22N2O4. The SMILES string of the molecule is COc1ccc2[nH]c3c(c2c1)CCN(C(=O)c1c(OC)cccc1OC)C3. The van der Waals surface area contributed by atoms with Gasteiger partial charge in [-0.2, -0.15) is 0 Å². The maximum absolute atomic E-state index is 13.2. The number of hydrogen-bond acceptors (Lipinski definition) is 4. The largest absolute Gasteiger partial charge is 0.497 e. The van der Waals surface area contributed by atoms with Crippen molar-refractivity contribution in [1.29, 1.82) is 0 Å². The van der Waals surface area contributed by atoms with Crippen molar-refractivity contribution < 1.29 is 19.0 Å². The highest BCUT2D eigenvalue weighted by molar-refractivity contribution is 6.00. The Morgan fingerprint density at radius 2 is 1.78 bits per heavy atom. The molecule has 0 radical (unpaired) electrons. The molecule has 1 aliphatic heterocycles. The van der Waals surface area contributed by atoms with Crippen molar-refractivity contribution in [2.75, 3.05) is 27.9 Å². The summed E-state index contributed by atoms with van der Waals surface area (Å²) in [6.07, 6.45) is 0.783. The van der Waals surface area contributed by atoms with Gasteiger partial charge in [-0.05, 0) is 42.3 Å². The molecular weight excluding hydrogens is 344 g/mol. The molecule has 4 rings (SSSR count). The fourth-order valence-corrected chi connectivity index (χ4v) is 3.74. The van der Waals surface area contributed by atoms with Crippen LogP contribution in [0.2, 0.25) is 0 Å². The first-order valence-corrected chi connectivity index (χ1v) is 8.84. The van der Waals surface area contributed by atoms with Crippen LogP contribution in [-0.2, 0) is 13.0 Å². The number of nitrogens with one attached hydrogen (secondary N) is 1. The average molecular weight is 366 g/mol. The minimum atomic E-state index is -0.0915. The Labute approximate surface area is 157 Å². The second-order valence-electron chi connectivity index (χ2n) is 6.51. The molecule has 0 unspecified atom stereocenters. The molecule has 1 aromatic heterocycles. The van der Waals surface area contributed by atoms with E-state index in [0.29, 0.717) is 30.2 Å². The van der Waals surface area contributed by atoms with Crippen LogP contribution in [0.15, 0.2) is 36.4 Å². The van der Waals surface area contributed by atoms with Crippen molar-refractivity contribution in [3.63, 3.8) is 0 Å². The van der Waals surface area contributed by atoms with Crippen LogP contribution in [0.5, 0.6) is 17.2 Å². The summed E-state index contributed by atoms with van der Waals surface area (Å²) in [6.45, 7) is 1.16. The number of carbonyl (C=O) groups excluding carboxylic acids is 1. The predicted molar refractivity (Wildman–Crippen MR) is 103 cm³/mol. The van der Waals surface area contributed by atoms with Crippen LogP contribution in [-0.4, -0.2) is 43.7 Å². The van der Waals surface area contributed by atoms with Gasteiger partial charge in [-0.15, -0.1) is 0 Å². The number of aromatic amines is 1. The molecule has 3 aromatic rings. The van der Waals surface area contributed by atoms with Crippen molar-refractivity contribution in [2.24, 2.45) is 0 Å². The molecule has 0 spiro atoms. The van der Waals surface area contributed by atoms with Gasteiger partial charge in [0.15, 0.2) is 0 Å². The predicted octanol–water partition coefficient (Wildman–Crippen LogP) is 3.39. The van der Waals surface area contributed by atoms with E-state index in [-0.39, 0.29) is 5.91 Å². The van der Waals surface area contributed by atoms with Gasteiger partial charge in [0, 0.05) is 23.1 Å². The standard InChI is InChI=1S/C21H22N2O4/c1-25-13-7-8-16-15(11-13)14-9-10-23(12-17(14)22-16)21(24)20-18(26-2)5-4-6-19(20)27-3/h4-8,11,22H,9-10,12H2,1-3H3. The Bertz CT molecular complexity index is 987. The van der Waals surface area contributed by atoms with Gasteiger partial charge in [-0.25, -0.2) is 0 Å². The van der Waals surface area contributed by atoms with Crippen LogP contribution in [0.25, 0.3) is 10.9 Å². The van der Waals surface area contributed by atoms with Gasteiger partial charge in [0.1, 0.15) is 22.8 Å². The zero-order valence-corrected chi connectivity index (χ0v) is 15.7. The smallest absolute Gasteiger partial charge is 0.261 e. The normalized spacial score (nSPS) is 13.4. The lowest BCUT2D eigenvalue weighted by molar-refractivity contribution is 0.0726. The molecule has 1 amide bonds. The summed E-state index contributed by atoms with van der Waals surface area (Å²) >= 11 is 0. The van der Waals surface area contributed by atoms with E-state index >= 15 is 0 Å². The number of amides is 1. The summed E-state index contributed by atoms with van der Waals surface area (Å²) < 4.78 is 16.1. The van der Waals surface area contributed by atoms with Crippen molar-refractivity contribution in [1.82, 2.24) is 9.88 Å². The topological polar surface area (TPSA) is 63.8 Å². The van der Waals surface area contributed by atoms with Crippen molar-refractivity contribution >= 4 is 16.8 Å². The summed E-state index contributed by atoms with van der Waals surface area (Å²) in [6, 6.07) is 11.4. The van der Waals surface area contributed by atoms with Crippen LogP contribution >= 0.6 is 0 Å². The first-order chi connectivity index (χ1) is 13.2. The zero-order valence-electron chi connectivity index (χ0n) is 15.7. The zero-order chi connectivity index (χ0) is 19.0. The van der Waals surface area contributed by atoms with E-state index in [0.717, 1.165) is 28.8 Å². The fourth-order valence-electron chi connectivity index (χ4n) is 3.74. The fraction of sp³-hybridized carbons (Fsp3) is 0.286. The van der Waals surface area contributed by atoms with E-state index in [9.17, 15) is 4.79 Å². The van der Waals surface area contributed by atoms with Crippen LogP contribution in [0.4, 0.5) is 0 Å². The summed E-state index contributed by atoms with van der Waals surface area (Å²) in [7, 11) is 4.79. The number of hydrogen-bond donors (Lipinski definition) is 1. The summed E-state index contributed by atoms with van der Waals surface area (Å²) in [5.74, 6) is 1.78. The quantitative estimate of drug-likeness (QED) is 0.769. The van der Waals surface area contributed by atoms with Crippen LogP contribution in [0, 0.1) is 0 Å². The summed E-state index contributed by atoms with van der Waals surface area (Å²) in [5, 5.41) is 1.16.